The predicted octanol–water partition coefficient (Wildman–Crippen LogP) is 0.124. The quantitative estimate of drug-likeness (QED) is 0.719. The Labute approximate surface area is 156 Å². The molecule has 4 rings (SSSR count). The van der Waals surface area contributed by atoms with Crippen LogP contribution >= 0.6 is 0 Å². The summed E-state index contributed by atoms with van der Waals surface area (Å²) in [6.45, 7) is 1.86. The van der Waals surface area contributed by atoms with Gasteiger partial charge in [0.2, 0.25) is 33.5 Å². The zero-order valence-electron chi connectivity index (χ0n) is 14.9. The van der Waals surface area contributed by atoms with E-state index in [4.69, 9.17) is 4.52 Å². The van der Waals surface area contributed by atoms with Gasteiger partial charge < -0.3 is 9.42 Å². The molecule has 0 bridgehead atoms. The molecule has 0 aliphatic carbocycles. The van der Waals surface area contributed by atoms with Gasteiger partial charge in [-0.25, -0.2) is 22.7 Å². The van der Waals surface area contributed by atoms with E-state index >= 15 is 0 Å². The maximum atomic E-state index is 12.6. The third-order valence-corrected chi connectivity index (χ3v) is 6.33. The molecule has 144 valence electrons. The number of piperidine rings is 1. The van der Waals surface area contributed by atoms with E-state index in [-0.39, 0.29) is 17.7 Å². The molecule has 2 aromatic rings. The second kappa shape index (κ2) is 6.97. The third kappa shape index (κ3) is 3.69. The summed E-state index contributed by atoms with van der Waals surface area (Å²) in [5.41, 5.74) is 0. The number of hydrogen-bond donors (Lipinski definition) is 0. The number of carbonyl (C=O) groups excluding carboxylic acids is 1. The molecule has 0 radical (unpaired) electrons. The first-order valence-electron chi connectivity index (χ1n) is 8.76. The molecule has 0 saturated carbocycles. The van der Waals surface area contributed by atoms with Gasteiger partial charge in [-0.1, -0.05) is 5.16 Å². The summed E-state index contributed by atoms with van der Waals surface area (Å²) >= 11 is 0. The normalized spacial score (nSPS) is 19.8. The minimum absolute atomic E-state index is 0.00928. The molecule has 0 aromatic carbocycles. The average molecular weight is 392 g/mol. The number of likely N-dealkylation sites (tertiary alicyclic amines) is 1. The van der Waals surface area contributed by atoms with Crippen molar-refractivity contribution in [1.29, 1.82) is 0 Å². The minimum atomic E-state index is -3.18. The summed E-state index contributed by atoms with van der Waals surface area (Å²) in [7, 11) is -3.18. The maximum absolute atomic E-state index is 12.6. The van der Waals surface area contributed by atoms with E-state index < -0.39 is 10.0 Å². The number of aromatic nitrogens is 4. The summed E-state index contributed by atoms with van der Waals surface area (Å²) in [5, 5.41) is 3.90. The molecular formula is C16H20N6O4S. The molecular weight excluding hydrogens is 372 g/mol. The van der Waals surface area contributed by atoms with Gasteiger partial charge in [-0.2, -0.15) is 4.98 Å². The Kier molecular flexibility index (Phi) is 4.64. The molecule has 2 fully saturated rings. The van der Waals surface area contributed by atoms with Crippen LogP contribution in [0.4, 0.5) is 0 Å². The van der Waals surface area contributed by atoms with Crippen molar-refractivity contribution >= 4 is 15.9 Å². The smallest absolute Gasteiger partial charge is 0.240 e. The van der Waals surface area contributed by atoms with Crippen molar-refractivity contribution in [3.63, 3.8) is 0 Å². The fourth-order valence-electron chi connectivity index (χ4n) is 3.41. The largest absolute Gasteiger partial charge is 0.341 e. The first kappa shape index (κ1) is 18.0. The highest BCUT2D eigenvalue weighted by Crippen LogP contribution is 2.30. The Morgan fingerprint density at radius 2 is 1.81 bits per heavy atom. The number of nitrogens with zero attached hydrogens (tertiary/aromatic N) is 6. The number of carbonyl (C=O) groups is 1. The molecule has 4 heterocycles. The summed E-state index contributed by atoms with van der Waals surface area (Å²) in [4.78, 5) is 26.9. The molecule has 2 aromatic heterocycles. The molecule has 2 aliphatic heterocycles. The number of amides is 1. The van der Waals surface area contributed by atoms with Crippen LogP contribution in [0.5, 0.6) is 0 Å². The van der Waals surface area contributed by atoms with Crippen molar-refractivity contribution in [2.24, 2.45) is 5.92 Å². The van der Waals surface area contributed by atoms with E-state index in [0.29, 0.717) is 56.6 Å². The number of hydrogen-bond acceptors (Lipinski definition) is 8. The molecule has 10 nitrogen and oxygen atoms in total. The molecule has 1 amide bonds. The predicted molar refractivity (Wildman–Crippen MR) is 93.8 cm³/mol. The fourth-order valence-corrected chi connectivity index (χ4v) is 4.29. The average Bonchev–Trinajstić information content (AvgIpc) is 3.10. The van der Waals surface area contributed by atoms with E-state index in [1.165, 1.54) is 10.6 Å². The van der Waals surface area contributed by atoms with Gasteiger partial charge in [0.15, 0.2) is 0 Å². The van der Waals surface area contributed by atoms with Crippen molar-refractivity contribution in [2.75, 3.05) is 32.4 Å². The lowest BCUT2D eigenvalue weighted by atomic mass is 9.92. The maximum Gasteiger partial charge on any atom is 0.240 e. The molecule has 0 unspecified atom stereocenters. The van der Waals surface area contributed by atoms with Crippen molar-refractivity contribution in [3.8, 4) is 11.6 Å². The highest BCUT2D eigenvalue weighted by atomic mass is 32.2. The summed E-state index contributed by atoms with van der Waals surface area (Å²) in [6.07, 6.45) is 5.54. The van der Waals surface area contributed by atoms with Crippen LogP contribution in [0.15, 0.2) is 23.0 Å². The monoisotopic (exact) mass is 392 g/mol. The van der Waals surface area contributed by atoms with Gasteiger partial charge >= 0.3 is 0 Å². The summed E-state index contributed by atoms with van der Waals surface area (Å²) < 4.78 is 29.9. The highest BCUT2D eigenvalue weighted by Gasteiger charge is 2.39. The van der Waals surface area contributed by atoms with Crippen molar-refractivity contribution < 1.29 is 17.7 Å². The van der Waals surface area contributed by atoms with Gasteiger partial charge in [0.25, 0.3) is 0 Å². The van der Waals surface area contributed by atoms with E-state index in [1.807, 2.05) is 0 Å². The fraction of sp³-hybridized carbons (Fsp3) is 0.562. The van der Waals surface area contributed by atoms with Crippen molar-refractivity contribution in [1.82, 2.24) is 29.3 Å². The molecule has 2 aliphatic rings. The van der Waals surface area contributed by atoms with Gasteiger partial charge in [0.1, 0.15) is 0 Å². The molecule has 0 atom stereocenters. The lowest BCUT2D eigenvalue weighted by Crippen LogP contribution is -2.52. The van der Waals surface area contributed by atoms with Crippen LogP contribution in [-0.2, 0) is 14.8 Å². The standard InChI is InChI=1S/C16H20N6O4S/c1-27(24,25)22-7-3-11(4-8-22)16(23)21-9-12(10-21)15-19-14(20-26-15)13-17-5-2-6-18-13/h2,5-6,11-12H,3-4,7-10H2,1H3. The van der Waals surface area contributed by atoms with Crippen LogP contribution in [0.3, 0.4) is 0 Å². The van der Waals surface area contributed by atoms with Crippen LogP contribution in [0.25, 0.3) is 11.6 Å². The Morgan fingerprint density at radius 1 is 1.15 bits per heavy atom. The zero-order valence-corrected chi connectivity index (χ0v) is 15.7. The SMILES string of the molecule is CS(=O)(=O)N1CCC(C(=O)N2CC(c3nc(-c4ncccn4)no3)C2)CC1. The number of sulfonamides is 1. The van der Waals surface area contributed by atoms with Gasteiger partial charge in [-0.3, -0.25) is 4.79 Å². The van der Waals surface area contributed by atoms with Crippen LogP contribution < -0.4 is 0 Å². The van der Waals surface area contributed by atoms with Crippen molar-refractivity contribution in [2.45, 2.75) is 18.8 Å². The molecule has 11 heteroatoms. The second-order valence-electron chi connectivity index (χ2n) is 6.91. The lowest BCUT2D eigenvalue weighted by Gasteiger charge is -2.40. The van der Waals surface area contributed by atoms with Gasteiger partial charge in [0.05, 0.1) is 12.2 Å². The summed E-state index contributed by atoms with van der Waals surface area (Å²) in [6, 6.07) is 1.71. The first-order chi connectivity index (χ1) is 12.9. The molecule has 27 heavy (non-hydrogen) atoms. The van der Waals surface area contributed by atoms with E-state index in [0.717, 1.165) is 0 Å². The van der Waals surface area contributed by atoms with Gasteiger partial charge in [-0.05, 0) is 18.9 Å². The first-order valence-corrected chi connectivity index (χ1v) is 10.6. The van der Waals surface area contributed by atoms with E-state index in [1.54, 1.807) is 23.4 Å². The van der Waals surface area contributed by atoms with Gasteiger partial charge in [0, 0.05) is 44.5 Å². The summed E-state index contributed by atoms with van der Waals surface area (Å²) in [5.74, 6) is 1.18. The van der Waals surface area contributed by atoms with Crippen molar-refractivity contribution in [3.05, 3.63) is 24.4 Å². The topological polar surface area (TPSA) is 122 Å². The Morgan fingerprint density at radius 3 is 2.44 bits per heavy atom. The Hall–Kier alpha value is -2.40. The van der Waals surface area contributed by atoms with Crippen LogP contribution in [0.2, 0.25) is 0 Å². The van der Waals surface area contributed by atoms with E-state index in [2.05, 4.69) is 20.1 Å². The highest BCUT2D eigenvalue weighted by molar-refractivity contribution is 7.88. The minimum Gasteiger partial charge on any atom is -0.341 e. The molecule has 0 N–H and O–H groups in total. The molecule has 0 spiro atoms. The van der Waals surface area contributed by atoms with Crippen LogP contribution in [0, 0.1) is 5.92 Å². The van der Waals surface area contributed by atoms with E-state index in [9.17, 15) is 13.2 Å². The number of rotatable bonds is 4. The Bertz CT molecular complexity index is 917. The van der Waals surface area contributed by atoms with Crippen LogP contribution in [0.1, 0.15) is 24.7 Å². The van der Waals surface area contributed by atoms with Crippen LogP contribution in [-0.4, -0.2) is 76.1 Å². The zero-order chi connectivity index (χ0) is 19.0. The van der Waals surface area contributed by atoms with Gasteiger partial charge in [-0.15, -0.1) is 0 Å². The lowest BCUT2D eigenvalue weighted by molar-refractivity contribution is -0.141. The Balaban J connectivity index is 1.31. The third-order valence-electron chi connectivity index (χ3n) is 5.02. The molecule has 2 saturated heterocycles. The second-order valence-corrected chi connectivity index (χ2v) is 8.89.